The zero-order valence-corrected chi connectivity index (χ0v) is 24.1. The van der Waals surface area contributed by atoms with Crippen LogP contribution in [-0.4, -0.2) is 70.2 Å². The molecule has 0 bridgehead atoms. The Bertz CT molecular complexity index is 1420. The van der Waals surface area contributed by atoms with Crippen LogP contribution in [0.25, 0.3) is 0 Å². The number of β-amino-alcohol motifs (C(OH)–C–C–N with tert-alkyl or cyclic N) is 1. The first-order chi connectivity index (χ1) is 20.8. The molecule has 2 aromatic rings. The number of aliphatic carboxylic acids is 1. The van der Waals surface area contributed by atoms with Gasteiger partial charge in [0.15, 0.2) is 0 Å². The number of benzene rings is 2. The van der Waals surface area contributed by atoms with Crippen molar-refractivity contribution < 1.29 is 60.3 Å². The van der Waals surface area contributed by atoms with Gasteiger partial charge in [-0.2, -0.15) is 31.2 Å². The highest BCUT2D eigenvalue weighted by Gasteiger charge is 2.53. The minimum atomic E-state index is -5.19. The van der Waals surface area contributed by atoms with Gasteiger partial charge in [-0.1, -0.05) is 50.2 Å². The second-order valence-corrected chi connectivity index (χ2v) is 11.1. The van der Waals surface area contributed by atoms with Crippen molar-refractivity contribution in [2.45, 2.75) is 63.4 Å². The molecule has 45 heavy (non-hydrogen) atoms. The summed E-state index contributed by atoms with van der Waals surface area (Å²) in [6.45, 7) is 2.97. The van der Waals surface area contributed by atoms with E-state index in [9.17, 15) is 45.4 Å². The Labute approximate surface area is 253 Å². The average Bonchev–Trinajstić information content (AvgIpc) is 3.41. The number of aliphatic hydroxyl groups excluding tert-OH is 1. The molecule has 4 rings (SSSR count). The molecular formula is C29H31F7N4O5. The van der Waals surface area contributed by atoms with Gasteiger partial charge in [0.25, 0.3) is 5.91 Å². The maximum absolute atomic E-state index is 13.8. The van der Waals surface area contributed by atoms with E-state index in [1.807, 2.05) is 44.2 Å². The number of hydrogen-bond acceptors (Lipinski definition) is 6. The number of likely N-dealkylation sites (tertiary alicyclic amines) is 1. The summed E-state index contributed by atoms with van der Waals surface area (Å²) < 4.78 is 86.6. The molecular weight excluding hydrogens is 617 g/mol. The number of carboxylic acids is 1. The third-order valence-electron chi connectivity index (χ3n) is 7.30. The lowest BCUT2D eigenvalue weighted by Crippen LogP contribution is -2.85. The Kier molecular flexibility index (Phi) is 10.5. The fraction of sp³-hybridized carbons (Fsp3) is 0.448. The monoisotopic (exact) mass is 648 g/mol. The number of carbonyl (C=O) groups excluding carboxylic acids is 3. The van der Waals surface area contributed by atoms with Crippen LogP contribution in [0.1, 0.15) is 53.7 Å². The summed E-state index contributed by atoms with van der Waals surface area (Å²) in [7, 11) is 0. The number of rotatable bonds is 7. The van der Waals surface area contributed by atoms with Crippen LogP contribution < -0.4 is 15.8 Å². The smallest absolute Gasteiger partial charge is 0.430 e. The lowest BCUT2D eigenvalue weighted by molar-refractivity contribution is -0.540. The molecule has 246 valence electrons. The van der Waals surface area contributed by atoms with E-state index >= 15 is 0 Å². The molecule has 0 radical (unpaired) electrons. The molecule has 2 aliphatic rings. The third kappa shape index (κ3) is 8.09. The van der Waals surface area contributed by atoms with Gasteiger partial charge in [-0.15, -0.1) is 0 Å². The zero-order chi connectivity index (χ0) is 33.9. The van der Waals surface area contributed by atoms with E-state index in [-0.39, 0.29) is 24.0 Å². The molecule has 0 aromatic heterocycles. The fourth-order valence-electron chi connectivity index (χ4n) is 4.95. The van der Waals surface area contributed by atoms with Crippen LogP contribution in [-0.2, 0) is 27.8 Å². The van der Waals surface area contributed by atoms with Gasteiger partial charge in [0, 0.05) is 12.1 Å². The number of nitrogens with one attached hydrogen (secondary N) is 1. The molecule has 16 heteroatoms. The molecule has 2 aromatic carbocycles. The SMILES string of the molecule is CC(C)CC[C@]1(c2ccccc2)[NH+]=C(N)N(Cc2ccc(C(F)(F)F)c(C(=O)N3CC(O)C(F)C3)c2)C1=O.O=C([O-])C(F)(F)F. The van der Waals surface area contributed by atoms with Gasteiger partial charge in [-0.3, -0.25) is 20.3 Å². The number of carbonyl (C=O) groups is 3. The van der Waals surface area contributed by atoms with E-state index in [0.717, 1.165) is 17.0 Å². The molecule has 4 N–H and O–H groups in total. The summed E-state index contributed by atoms with van der Waals surface area (Å²) in [4.78, 5) is 40.8. The van der Waals surface area contributed by atoms with Crippen molar-refractivity contribution in [1.82, 2.24) is 9.80 Å². The average molecular weight is 649 g/mol. The van der Waals surface area contributed by atoms with Crippen molar-refractivity contribution in [2.75, 3.05) is 13.1 Å². The standard InChI is InChI=1S/C27H30F4N4O3.C2HF3O2/c1-16(2)10-11-26(18-6-4-3-5-7-18)24(38)35(25(32)33-26)13-17-8-9-20(27(29,30)31)19(12-17)23(37)34-14-21(28)22(36)15-34;3-2(4,5)1(6)7/h3-9,12,16,21-22,36H,10-11,13-15H2,1-2H3,(H2,32,33);(H,6,7)/t21?,22?,26-;/m1./s1. The topological polar surface area (TPSA) is 141 Å². The van der Waals surface area contributed by atoms with Gasteiger partial charge in [0.1, 0.15) is 24.8 Å². The highest BCUT2D eigenvalue weighted by Crippen LogP contribution is 2.35. The number of halogens is 7. The Balaban J connectivity index is 0.000000707. The number of guanidine groups is 1. The number of hydrogen-bond donors (Lipinski definition) is 3. The Morgan fingerprint density at radius 1 is 1.09 bits per heavy atom. The first kappa shape index (κ1) is 35.3. The second kappa shape index (κ2) is 13.4. The number of amides is 2. The Morgan fingerprint density at radius 3 is 2.18 bits per heavy atom. The number of nitrogens with zero attached hydrogens (tertiary/aromatic N) is 2. The molecule has 1 saturated heterocycles. The van der Waals surface area contributed by atoms with E-state index in [1.54, 1.807) is 0 Å². The highest BCUT2D eigenvalue weighted by molar-refractivity contribution is 6.02. The molecule has 2 amide bonds. The quantitative estimate of drug-likeness (QED) is 0.386. The number of nitrogens with two attached hydrogens (primary N) is 1. The molecule has 0 aliphatic carbocycles. The third-order valence-corrected chi connectivity index (χ3v) is 7.30. The lowest BCUT2D eigenvalue weighted by Gasteiger charge is -2.24. The van der Waals surface area contributed by atoms with Gasteiger partial charge < -0.3 is 19.9 Å². The van der Waals surface area contributed by atoms with Crippen LogP contribution in [0.2, 0.25) is 0 Å². The maximum atomic E-state index is 13.8. The van der Waals surface area contributed by atoms with Crippen molar-refractivity contribution in [3.05, 3.63) is 70.8 Å². The van der Waals surface area contributed by atoms with Gasteiger partial charge in [0.05, 0.1) is 17.7 Å². The maximum Gasteiger partial charge on any atom is 0.430 e. The summed E-state index contributed by atoms with van der Waals surface area (Å²) in [5.74, 6) is -4.04. The van der Waals surface area contributed by atoms with E-state index in [2.05, 4.69) is 4.99 Å². The summed E-state index contributed by atoms with van der Waals surface area (Å²) in [6.07, 6.45) is -12.1. The zero-order valence-electron chi connectivity index (χ0n) is 24.1. The molecule has 9 nitrogen and oxygen atoms in total. The fourth-order valence-corrected chi connectivity index (χ4v) is 4.95. The van der Waals surface area contributed by atoms with Crippen LogP contribution in [0.4, 0.5) is 30.7 Å². The Hall–Kier alpha value is -4.21. The summed E-state index contributed by atoms with van der Waals surface area (Å²) >= 11 is 0. The van der Waals surface area contributed by atoms with Gasteiger partial charge in [-0.05, 0) is 36.5 Å². The van der Waals surface area contributed by atoms with Crippen LogP contribution in [0.3, 0.4) is 0 Å². The molecule has 3 atom stereocenters. The Morgan fingerprint density at radius 2 is 1.69 bits per heavy atom. The van der Waals surface area contributed by atoms with Gasteiger partial charge in [0.2, 0.25) is 5.54 Å². The van der Waals surface area contributed by atoms with Crippen molar-refractivity contribution in [3.8, 4) is 0 Å². The summed E-state index contributed by atoms with van der Waals surface area (Å²) in [5.41, 5.74) is 4.21. The lowest BCUT2D eigenvalue weighted by atomic mass is 9.83. The van der Waals surface area contributed by atoms with Crippen molar-refractivity contribution in [1.29, 1.82) is 0 Å². The van der Waals surface area contributed by atoms with E-state index < -0.39 is 66.3 Å². The minimum absolute atomic E-state index is 0.0540. The predicted molar refractivity (Wildman–Crippen MR) is 142 cm³/mol. The molecule has 1 fully saturated rings. The second-order valence-electron chi connectivity index (χ2n) is 11.1. The van der Waals surface area contributed by atoms with E-state index in [0.29, 0.717) is 24.3 Å². The van der Waals surface area contributed by atoms with Crippen molar-refractivity contribution >= 4 is 23.7 Å². The first-order valence-electron chi connectivity index (χ1n) is 13.7. The largest absolute Gasteiger partial charge is 0.542 e. The molecule has 0 saturated carbocycles. The normalized spacial score (nSPS) is 21.9. The molecule has 0 spiro atoms. The highest BCUT2D eigenvalue weighted by atomic mass is 19.4. The van der Waals surface area contributed by atoms with Crippen LogP contribution in [0.15, 0.2) is 48.5 Å². The number of aliphatic hydroxyl groups is 1. The van der Waals surface area contributed by atoms with E-state index in [4.69, 9.17) is 15.6 Å². The van der Waals surface area contributed by atoms with Crippen LogP contribution in [0.5, 0.6) is 0 Å². The predicted octanol–water partition coefficient (Wildman–Crippen LogP) is 1.23. The van der Waals surface area contributed by atoms with Gasteiger partial charge in [-0.25, -0.2) is 4.39 Å². The van der Waals surface area contributed by atoms with Crippen molar-refractivity contribution in [2.24, 2.45) is 11.7 Å². The molecule has 2 unspecified atom stereocenters. The number of alkyl halides is 7. The first-order valence-corrected chi connectivity index (χ1v) is 13.7. The van der Waals surface area contributed by atoms with E-state index in [1.165, 1.54) is 11.0 Å². The molecule has 2 heterocycles. The van der Waals surface area contributed by atoms with Crippen LogP contribution >= 0.6 is 0 Å². The van der Waals surface area contributed by atoms with Crippen LogP contribution in [0, 0.1) is 5.92 Å². The minimum Gasteiger partial charge on any atom is -0.542 e. The van der Waals surface area contributed by atoms with Gasteiger partial charge >= 0.3 is 24.2 Å². The number of carboxylic acid groups (broad SMARTS) is 1. The van der Waals surface area contributed by atoms with Crippen molar-refractivity contribution in [3.63, 3.8) is 0 Å². The molecule has 2 aliphatic heterocycles. The summed E-state index contributed by atoms with van der Waals surface area (Å²) in [6, 6.07) is 12.1. The summed E-state index contributed by atoms with van der Waals surface area (Å²) in [5, 5.41) is 18.4.